The maximum Gasteiger partial charge on any atom is 0.253 e. The van der Waals surface area contributed by atoms with Gasteiger partial charge in [-0.15, -0.1) is 0 Å². The largest absolute Gasteiger partial charge is 0.339 e. The van der Waals surface area contributed by atoms with Crippen molar-refractivity contribution in [2.75, 3.05) is 24.7 Å². The summed E-state index contributed by atoms with van der Waals surface area (Å²) in [5.41, 5.74) is 1.16. The third-order valence-corrected chi connectivity index (χ3v) is 8.49. The van der Waals surface area contributed by atoms with Crippen molar-refractivity contribution in [1.82, 2.24) is 9.21 Å². The van der Waals surface area contributed by atoms with Crippen LogP contribution in [0.4, 0.5) is 5.69 Å². The van der Waals surface area contributed by atoms with Crippen molar-refractivity contribution >= 4 is 27.5 Å². The zero-order chi connectivity index (χ0) is 22.4. The molecule has 3 rings (SSSR count). The Morgan fingerprint density at radius 2 is 1.68 bits per heavy atom. The minimum Gasteiger partial charge on any atom is -0.339 e. The molecule has 2 amide bonds. The van der Waals surface area contributed by atoms with E-state index in [4.69, 9.17) is 0 Å². The zero-order valence-electron chi connectivity index (χ0n) is 18.7. The Kier molecular flexibility index (Phi) is 8.11. The minimum atomic E-state index is -3.44. The van der Waals surface area contributed by atoms with Crippen molar-refractivity contribution in [3.63, 3.8) is 0 Å². The number of carbonyl (C=O) groups is 2. The van der Waals surface area contributed by atoms with Crippen molar-refractivity contribution < 1.29 is 18.0 Å². The topological polar surface area (TPSA) is 86.8 Å². The lowest BCUT2D eigenvalue weighted by molar-refractivity contribution is -0.120. The summed E-state index contributed by atoms with van der Waals surface area (Å²) in [6, 6.07) is 6.50. The Morgan fingerprint density at radius 1 is 1.03 bits per heavy atom. The van der Waals surface area contributed by atoms with Gasteiger partial charge < -0.3 is 10.2 Å². The Morgan fingerprint density at radius 3 is 2.32 bits per heavy atom. The summed E-state index contributed by atoms with van der Waals surface area (Å²) in [6.45, 7) is 2.21. The van der Waals surface area contributed by atoms with E-state index in [9.17, 15) is 18.0 Å². The van der Waals surface area contributed by atoms with Crippen molar-refractivity contribution in [3.8, 4) is 0 Å². The molecule has 172 valence electrons. The molecule has 31 heavy (non-hydrogen) atoms. The lowest BCUT2D eigenvalue weighted by Crippen LogP contribution is -2.50. The molecule has 1 saturated heterocycles. The average molecular weight is 450 g/mol. The number of carbonyl (C=O) groups excluding carboxylic acids is 2. The number of hydrogen-bond donors (Lipinski definition) is 1. The highest BCUT2D eigenvalue weighted by atomic mass is 32.2. The molecule has 0 spiro atoms. The van der Waals surface area contributed by atoms with Crippen molar-refractivity contribution in [1.29, 1.82) is 0 Å². The number of nitrogens with zero attached hydrogens (tertiary/aromatic N) is 2. The first-order valence-corrected chi connectivity index (χ1v) is 13.1. The van der Waals surface area contributed by atoms with E-state index in [2.05, 4.69) is 5.32 Å². The van der Waals surface area contributed by atoms with E-state index in [1.54, 1.807) is 24.3 Å². The van der Waals surface area contributed by atoms with Crippen LogP contribution in [0.15, 0.2) is 24.3 Å². The molecule has 0 aromatic heterocycles. The van der Waals surface area contributed by atoms with E-state index in [1.807, 2.05) is 18.9 Å². The predicted molar refractivity (Wildman–Crippen MR) is 122 cm³/mol. The highest BCUT2D eigenvalue weighted by Gasteiger charge is 2.36. The quantitative estimate of drug-likeness (QED) is 0.689. The van der Waals surface area contributed by atoms with Crippen LogP contribution in [-0.2, 0) is 14.8 Å². The zero-order valence-corrected chi connectivity index (χ0v) is 19.5. The van der Waals surface area contributed by atoms with Gasteiger partial charge in [0, 0.05) is 30.9 Å². The van der Waals surface area contributed by atoms with E-state index in [0.717, 1.165) is 25.7 Å². The molecule has 1 aromatic rings. The van der Waals surface area contributed by atoms with Gasteiger partial charge in [-0.3, -0.25) is 9.59 Å². The summed E-state index contributed by atoms with van der Waals surface area (Å²) in [7, 11) is -1.57. The maximum absolute atomic E-state index is 12.9. The van der Waals surface area contributed by atoms with Gasteiger partial charge in [-0.2, -0.15) is 4.31 Å². The second-order valence-electron chi connectivity index (χ2n) is 8.71. The smallest absolute Gasteiger partial charge is 0.253 e. The molecule has 2 fully saturated rings. The fourth-order valence-electron chi connectivity index (χ4n) is 4.63. The van der Waals surface area contributed by atoms with Crippen LogP contribution in [0, 0.1) is 0 Å². The summed E-state index contributed by atoms with van der Waals surface area (Å²) in [4.78, 5) is 27.5. The van der Waals surface area contributed by atoms with Gasteiger partial charge in [-0.05, 0) is 56.4 Å². The van der Waals surface area contributed by atoms with E-state index >= 15 is 0 Å². The molecule has 1 saturated carbocycles. The highest BCUT2D eigenvalue weighted by Crippen LogP contribution is 2.25. The van der Waals surface area contributed by atoms with E-state index < -0.39 is 16.1 Å². The fraction of sp³-hybridized carbons (Fsp3) is 0.652. The van der Waals surface area contributed by atoms with Crippen LogP contribution in [0.5, 0.6) is 0 Å². The van der Waals surface area contributed by atoms with E-state index in [0.29, 0.717) is 36.7 Å². The molecular formula is C23H35N3O4S. The monoisotopic (exact) mass is 449 g/mol. The standard InChI is InChI=1S/C23H35N3O4S/c1-3-17-31(29,30)26-16-8-7-11-21(26)22(27)24-19-14-12-18(13-15-19)23(28)25(2)20-9-5-4-6-10-20/h12-15,20-21H,3-11,16-17H2,1-2H3,(H,24,27). The average Bonchev–Trinajstić information content (AvgIpc) is 2.79. The molecule has 0 radical (unpaired) electrons. The lowest BCUT2D eigenvalue weighted by atomic mass is 9.94. The van der Waals surface area contributed by atoms with Gasteiger partial charge in [-0.1, -0.05) is 32.6 Å². The summed E-state index contributed by atoms with van der Waals surface area (Å²) in [5.74, 6) is -0.256. The molecule has 1 aromatic carbocycles. The molecule has 0 bridgehead atoms. The van der Waals surface area contributed by atoms with Crippen LogP contribution in [0.2, 0.25) is 0 Å². The van der Waals surface area contributed by atoms with Crippen LogP contribution < -0.4 is 5.32 Å². The first-order chi connectivity index (χ1) is 14.8. The molecule has 1 unspecified atom stereocenters. The van der Waals surface area contributed by atoms with Gasteiger partial charge in [0.25, 0.3) is 5.91 Å². The first-order valence-electron chi connectivity index (χ1n) is 11.5. The second kappa shape index (κ2) is 10.6. The number of hydrogen-bond acceptors (Lipinski definition) is 4. The summed E-state index contributed by atoms with van der Waals surface area (Å²) < 4.78 is 26.5. The summed E-state index contributed by atoms with van der Waals surface area (Å²) in [5, 5.41) is 2.84. The lowest BCUT2D eigenvalue weighted by Gasteiger charge is -2.33. The Labute approximate surface area is 186 Å². The molecule has 1 heterocycles. The van der Waals surface area contributed by atoms with Crippen molar-refractivity contribution in [3.05, 3.63) is 29.8 Å². The molecule has 1 atom stereocenters. The number of amides is 2. The van der Waals surface area contributed by atoms with Gasteiger partial charge in [0.15, 0.2) is 0 Å². The number of anilines is 1. The van der Waals surface area contributed by atoms with Gasteiger partial charge in [0.05, 0.1) is 5.75 Å². The van der Waals surface area contributed by atoms with Crippen molar-refractivity contribution in [2.45, 2.75) is 76.8 Å². The van der Waals surface area contributed by atoms with Crippen LogP contribution in [-0.4, -0.2) is 60.9 Å². The van der Waals surface area contributed by atoms with Crippen molar-refractivity contribution in [2.24, 2.45) is 0 Å². The molecule has 8 heteroatoms. The number of benzene rings is 1. The van der Waals surface area contributed by atoms with Gasteiger partial charge in [0.2, 0.25) is 15.9 Å². The number of rotatable bonds is 7. The van der Waals surface area contributed by atoms with Crippen LogP contribution in [0.25, 0.3) is 0 Å². The molecule has 7 nitrogen and oxygen atoms in total. The highest BCUT2D eigenvalue weighted by molar-refractivity contribution is 7.89. The normalized spacial score (nSPS) is 20.9. The molecular weight excluding hydrogens is 414 g/mol. The van der Waals surface area contributed by atoms with Gasteiger partial charge in [-0.25, -0.2) is 8.42 Å². The number of nitrogens with one attached hydrogen (secondary N) is 1. The van der Waals surface area contributed by atoms with Gasteiger partial charge >= 0.3 is 0 Å². The Hall–Kier alpha value is -1.93. The summed E-state index contributed by atoms with van der Waals surface area (Å²) >= 11 is 0. The maximum atomic E-state index is 12.9. The van der Waals surface area contributed by atoms with Crippen LogP contribution >= 0.6 is 0 Å². The number of piperidine rings is 1. The number of sulfonamides is 1. The second-order valence-corrected chi connectivity index (χ2v) is 10.8. The first kappa shape index (κ1) is 23.7. The van der Waals surface area contributed by atoms with Crippen LogP contribution in [0.1, 0.15) is 75.1 Å². The van der Waals surface area contributed by atoms with Crippen LogP contribution in [0.3, 0.4) is 0 Å². The third-order valence-electron chi connectivity index (χ3n) is 6.42. The Balaban J connectivity index is 1.64. The van der Waals surface area contributed by atoms with E-state index in [-0.39, 0.29) is 17.6 Å². The molecule has 2 aliphatic rings. The SMILES string of the molecule is CCCS(=O)(=O)N1CCCCC1C(=O)Nc1ccc(C(=O)N(C)C2CCCCC2)cc1. The third kappa shape index (κ3) is 5.86. The van der Waals surface area contributed by atoms with Gasteiger partial charge in [0.1, 0.15) is 6.04 Å². The Bertz CT molecular complexity index is 863. The minimum absolute atomic E-state index is 0.00566. The predicted octanol–water partition coefficient (Wildman–Crippen LogP) is 3.62. The molecule has 1 N–H and O–H groups in total. The van der Waals surface area contributed by atoms with E-state index in [1.165, 1.54) is 23.6 Å². The fourth-order valence-corrected chi connectivity index (χ4v) is 6.38. The molecule has 1 aliphatic heterocycles. The summed E-state index contributed by atoms with van der Waals surface area (Å²) in [6.07, 6.45) is 8.33. The molecule has 1 aliphatic carbocycles.